The average molecular weight is 244 g/mol. The van der Waals surface area contributed by atoms with Crippen molar-refractivity contribution in [3.05, 3.63) is 0 Å². The molecule has 0 radical (unpaired) electrons. The topological polar surface area (TPSA) is 75.4 Å². The van der Waals surface area contributed by atoms with E-state index in [1.807, 2.05) is 13.8 Å². The number of rotatable bonds is 7. The molecule has 1 amide bonds. The summed E-state index contributed by atoms with van der Waals surface area (Å²) in [5.74, 6) is 0.730. The molecule has 4 heteroatoms. The maximum absolute atomic E-state index is 11.8. The number of amides is 1. The van der Waals surface area contributed by atoms with Crippen molar-refractivity contribution < 1.29 is 9.90 Å². The van der Waals surface area contributed by atoms with Gasteiger partial charge in [0.2, 0.25) is 5.91 Å². The van der Waals surface area contributed by atoms with Crippen LogP contribution in [0.15, 0.2) is 0 Å². The van der Waals surface area contributed by atoms with Gasteiger partial charge in [-0.05, 0) is 45.6 Å². The van der Waals surface area contributed by atoms with Crippen molar-refractivity contribution in [2.75, 3.05) is 6.54 Å². The van der Waals surface area contributed by atoms with Crippen LogP contribution in [-0.4, -0.2) is 29.2 Å². The molecule has 0 aliphatic heterocycles. The molecule has 0 saturated heterocycles. The number of nitrogens with two attached hydrogens (primary N) is 1. The summed E-state index contributed by atoms with van der Waals surface area (Å²) in [6.45, 7) is 10.1. The van der Waals surface area contributed by atoms with Gasteiger partial charge in [-0.15, -0.1) is 0 Å². The molecular weight excluding hydrogens is 216 g/mol. The van der Waals surface area contributed by atoms with Gasteiger partial charge in [0.1, 0.15) is 0 Å². The van der Waals surface area contributed by atoms with Gasteiger partial charge in [-0.1, -0.05) is 13.8 Å². The van der Waals surface area contributed by atoms with Crippen molar-refractivity contribution in [2.45, 2.75) is 59.1 Å². The van der Waals surface area contributed by atoms with E-state index in [-0.39, 0.29) is 11.8 Å². The molecule has 0 fully saturated rings. The monoisotopic (exact) mass is 244 g/mol. The van der Waals surface area contributed by atoms with Gasteiger partial charge in [0.15, 0.2) is 0 Å². The number of hydrogen-bond acceptors (Lipinski definition) is 3. The normalized spacial score (nSPS) is 15.8. The van der Waals surface area contributed by atoms with E-state index in [1.165, 1.54) is 0 Å². The first-order valence-electron chi connectivity index (χ1n) is 6.38. The minimum atomic E-state index is -0.589. The lowest BCUT2D eigenvalue weighted by Gasteiger charge is -2.30. The standard InChI is InChI=1S/C13H28N2O2/c1-9(2)6-11(8-14)7-12(17)15-13(4,5)10(3)16/h9-11,16H,6-8,14H2,1-5H3,(H,15,17). The van der Waals surface area contributed by atoms with Gasteiger partial charge >= 0.3 is 0 Å². The number of hydrogen-bond donors (Lipinski definition) is 3. The molecule has 0 aliphatic rings. The highest BCUT2D eigenvalue weighted by Gasteiger charge is 2.26. The van der Waals surface area contributed by atoms with Gasteiger partial charge in [0.05, 0.1) is 11.6 Å². The highest BCUT2D eigenvalue weighted by Crippen LogP contribution is 2.15. The predicted molar refractivity (Wildman–Crippen MR) is 70.5 cm³/mol. The minimum Gasteiger partial charge on any atom is -0.391 e. The molecule has 0 aromatic carbocycles. The Kier molecular flexibility index (Phi) is 6.72. The Bertz CT molecular complexity index is 238. The minimum absolute atomic E-state index is 0.0352. The summed E-state index contributed by atoms with van der Waals surface area (Å²) in [6, 6.07) is 0. The molecular formula is C13H28N2O2. The lowest BCUT2D eigenvalue weighted by Crippen LogP contribution is -2.51. The van der Waals surface area contributed by atoms with Gasteiger partial charge in [-0.3, -0.25) is 4.79 Å². The van der Waals surface area contributed by atoms with E-state index in [9.17, 15) is 9.90 Å². The lowest BCUT2D eigenvalue weighted by atomic mass is 9.92. The van der Waals surface area contributed by atoms with E-state index in [4.69, 9.17) is 5.73 Å². The number of aliphatic hydroxyl groups is 1. The second-order valence-corrected chi connectivity index (χ2v) is 5.88. The largest absolute Gasteiger partial charge is 0.391 e. The maximum atomic E-state index is 11.8. The summed E-state index contributed by atoms with van der Waals surface area (Å²) >= 11 is 0. The van der Waals surface area contributed by atoms with Gasteiger partial charge in [0.25, 0.3) is 0 Å². The van der Waals surface area contributed by atoms with Crippen LogP contribution < -0.4 is 11.1 Å². The van der Waals surface area contributed by atoms with Crippen molar-refractivity contribution in [1.82, 2.24) is 5.32 Å². The van der Waals surface area contributed by atoms with Crippen LogP contribution in [0.3, 0.4) is 0 Å². The third kappa shape index (κ3) is 6.64. The van der Waals surface area contributed by atoms with Crippen LogP contribution >= 0.6 is 0 Å². The number of aliphatic hydroxyl groups excluding tert-OH is 1. The van der Waals surface area contributed by atoms with Crippen molar-refractivity contribution in [3.63, 3.8) is 0 Å². The molecule has 0 rings (SSSR count). The van der Waals surface area contributed by atoms with Crippen LogP contribution in [0.4, 0.5) is 0 Å². The first-order valence-corrected chi connectivity index (χ1v) is 6.38. The van der Waals surface area contributed by atoms with E-state index in [1.54, 1.807) is 6.92 Å². The summed E-state index contributed by atoms with van der Waals surface area (Å²) < 4.78 is 0. The zero-order chi connectivity index (χ0) is 13.6. The van der Waals surface area contributed by atoms with Gasteiger partial charge in [-0.25, -0.2) is 0 Å². The van der Waals surface area contributed by atoms with E-state index in [0.717, 1.165) is 6.42 Å². The van der Waals surface area contributed by atoms with Gasteiger partial charge < -0.3 is 16.2 Å². The van der Waals surface area contributed by atoms with Gasteiger partial charge in [-0.2, -0.15) is 0 Å². The molecule has 0 aliphatic carbocycles. The number of nitrogens with one attached hydrogen (secondary N) is 1. The summed E-state index contributed by atoms with van der Waals surface area (Å²) in [5, 5.41) is 12.4. The Hall–Kier alpha value is -0.610. The van der Waals surface area contributed by atoms with Crippen LogP contribution in [0.25, 0.3) is 0 Å². The third-order valence-corrected chi connectivity index (χ3v) is 3.12. The fourth-order valence-electron chi connectivity index (χ4n) is 1.71. The van der Waals surface area contributed by atoms with E-state index < -0.39 is 11.6 Å². The molecule has 4 nitrogen and oxygen atoms in total. The molecule has 4 N–H and O–H groups in total. The molecule has 0 saturated carbocycles. The fraction of sp³-hybridized carbons (Fsp3) is 0.923. The SMILES string of the molecule is CC(C)CC(CN)CC(=O)NC(C)(C)C(C)O. The van der Waals surface area contributed by atoms with E-state index >= 15 is 0 Å². The van der Waals surface area contributed by atoms with Crippen molar-refractivity contribution in [3.8, 4) is 0 Å². The Morgan fingerprint density at radius 3 is 2.24 bits per heavy atom. The zero-order valence-electron chi connectivity index (χ0n) is 11.8. The maximum Gasteiger partial charge on any atom is 0.220 e. The predicted octanol–water partition coefficient (Wildman–Crippen LogP) is 1.27. The zero-order valence-corrected chi connectivity index (χ0v) is 11.8. The third-order valence-electron chi connectivity index (χ3n) is 3.12. The Morgan fingerprint density at radius 2 is 1.88 bits per heavy atom. The first-order chi connectivity index (χ1) is 7.69. The van der Waals surface area contributed by atoms with Crippen LogP contribution in [0.1, 0.15) is 47.5 Å². The second kappa shape index (κ2) is 6.97. The summed E-state index contributed by atoms with van der Waals surface area (Å²) in [7, 11) is 0. The molecule has 17 heavy (non-hydrogen) atoms. The molecule has 2 unspecified atom stereocenters. The van der Waals surface area contributed by atoms with Crippen LogP contribution in [0, 0.1) is 11.8 Å². The van der Waals surface area contributed by atoms with Crippen LogP contribution in [-0.2, 0) is 4.79 Å². The molecule has 0 aromatic rings. The Morgan fingerprint density at radius 1 is 1.35 bits per heavy atom. The number of carbonyl (C=O) groups is 1. The average Bonchev–Trinajstić information content (AvgIpc) is 2.14. The van der Waals surface area contributed by atoms with Crippen LogP contribution in [0.2, 0.25) is 0 Å². The van der Waals surface area contributed by atoms with Crippen LogP contribution in [0.5, 0.6) is 0 Å². The lowest BCUT2D eigenvalue weighted by molar-refractivity contribution is -0.125. The molecule has 0 aromatic heterocycles. The quantitative estimate of drug-likeness (QED) is 0.631. The number of carbonyl (C=O) groups excluding carboxylic acids is 1. The Labute approximate surface area is 105 Å². The first kappa shape index (κ1) is 16.4. The molecule has 102 valence electrons. The second-order valence-electron chi connectivity index (χ2n) is 5.88. The Balaban J connectivity index is 4.24. The summed E-state index contributed by atoms with van der Waals surface area (Å²) in [4.78, 5) is 11.8. The highest BCUT2D eigenvalue weighted by atomic mass is 16.3. The summed E-state index contributed by atoms with van der Waals surface area (Å²) in [5.41, 5.74) is 5.07. The van der Waals surface area contributed by atoms with Crippen molar-refractivity contribution in [2.24, 2.45) is 17.6 Å². The highest BCUT2D eigenvalue weighted by molar-refractivity contribution is 5.77. The molecule has 0 bridgehead atoms. The molecule has 0 spiro atoms. The smallest absolute Gasteiger partial charge is 0.220 e. The van der Waals surface area contributed by atoms with Crippen molar-refractivity contribution >= 4 is 5.91 Å². The van der Waals surface area contributed by atoms with Gasteiger partial charge in [0, 0.05) is 6.42 Å². The molecule has 0 heterocycles. The fourth-order valence-corrected chi connectivity index (χ4v) is 1.71. The van der Waals surface area contributed by atoms with E-state index in [0.29, 0.717) is 18.9 Å². The van der Waals surface area contributed by atoms with Crippen molar-refractivity contribution in [1.29, 1.82) is 0 Å². The molecule has 2 atom stereocenters. The summed E-state index contributed by atoms with van der Waals surface area (Å²) in [6.07, 6.45) is 0.817. The van der Waals surface area contributed by atoms with E-state index in [2.05, 4.69) is 19.2 Å².